The first-order valence-corrected chi connectivity index (χ1v) is 11.1. The molecule has 0 saturated heterocycles. The van der Waals surface area contributed by atoms with E-state index in [2.05, 4.69) is 73.4 Å². The van der Waals surface area contributed by atoms with Crippen molar-refractivity contribution >= 4 is 0 Å². The Morgan fingerprint density at radius 3 is 2.12 bits per heavy atom. The monoisotopic (exact) mass is 619 g/mol. The molecule has 5 rings (SSSR count). The third kappa shape index (κ3) is 4.93. The minimum Gasteiger partial charge on any atom is -0.345 e. The van der Waals surface area contributed by atoms with Crippen LogP contribution in [0.2, 0.25) is 0 Å². The summed E-state index contributed by atoms with van der Waals surface area (Å²) in [5, 5.41) is 0. The van der Waals surface area contributed by atoms with Gasteiger partial charge in [-0.1, -0.05) is 68.4 Å². The average molecular weight is 620 g/mol. The number of benzene rings is 3. The molecule has 2 heterocycles. The second-order valence-electron chi connectivity index (χ2n) is 8.59. The van der Waals surface area contributed by atoms with Gasteiger partial charge in [0.25, 0.3) is 0 Å². The Bertz CT molecular complexity index is 1360. The molecule has 0 amide bonds. The molecule has 0 N–H and O–H groups in total. The van der Waals surface area contributed by atoms with Crippen LogP contribution in [0.25, 0.3) is 33.6 Å². The fourth-order valence-electron chi connectivity index (χ4n) is 4.00. The standard InChI is InChI=1S/C31H24N2.Pt/c1-31(2,30-18-9-10-19-32-30)27-21-25(23-12-5-3-6-13-23)20-26(22-27)29-17-11-16-28(33-29)24-14-7-4-8-15-24;/h3-14,16-21H,1-2H3;/q-2;+2. The van der Waals surface area contributed by atoms with Gasteiger partial charge in [0.05, 0.1) is 0 Å². The van der Waals surface area contributed by atoms with Crippen LogP contribution in [0.4, 0.5) is 0 Å². The molecule has 0 radical (unpaired) electrons. The van der Waals surface area contributed by atoms with Crippen molar-refractivity contribution in [3.63, 3.8) is 0 Å². The first-order valence-electron chi connectivity index (χ1n) is 11.1. The summed E-state index contributed by atoms with van der Waals surface area (Å²) in [6, 6.07) is 41.9. The van der Waals surface area contributed by atoms with Crippen LogP contribution in [0, 0.1) is 12.1 Å². The molecule has 0 bridgehead atoms. The van der Waals surface area contributed by atoms with Crippen LogP contribution in [0.1, 0.15) is 25.1 Å². The number of nitrogens with zero attached hydrogens (tertiary/aromatic N) is 2. The number of hydrogen-bond donors (Lipinski definition) is 0. The van der Waals surface area contributed by atoms with Crippen molar-refractivity contribution in [2.24, 2.45) is 0 Å². The van der Waals surface area contributed by atoms with E-state index >= 15 is 0 Å². The second-order valence-corrected chi connectivity index (χ2v) is 8.59. The van der Waals surface area contributed by atoms with E-state index in [4.69, 9.17) is 4.98 Å². The molecule has 0 spiro atoms. The first kappa shape index (κ1) is 23.8. The van der Waals surface area contributed by atoms with Crippen LogP contribution in [0.15, 0.2) is 109 Å². The van der Waals surface area contributed by atoms with Crippen molar-refractivity contribution in [2.75, 3.05) is 0 Å². The van der Waals surface area contributed by atoms with E-state index < -0.39 is 0 Å². The zero-order valence-corrected chi connectivity index (χ0v) is 21.4. The molecule has 0 atom stereocenters. The molecule has 0 fully saturated rings. The quantitative estimate of drug-likeness (QED) is 0.192. The molecule has 2 nitrogen and oxygen atoms in total. The second kappa shape index (κ2) is 10.3. The zero-order valence-electron chi connectivity index (χ0n) is 19.1. The average Bonchev–Trinajstić information content (AvgIpc) is 2.90. The van der Waals surface area contributed by atoms with Gasteiger partial charge in [0.2, 0.25) is 0 Å². The van der Waals surface area contributed by atoms with Crippen LogP contribution in [0.3, 0.4) is 0 Å². The molecule has 34 heavy (non-hydrogen) atoms. The Morgan fingerprint density at radius 1 is 0.676 bits per heavy atom. The molecule has 0 unspecified atom stereocenters. The molecule has 0 aliphatic carbocycles. The van der Waals surface area contributed by atoms with Crippen LogP contribution >= 0.6 is 0 Å². The molecule has 5 aromatic rings. The van der Waals surface area contributed by atoms with E-state index in [1.807, 2.05) is 66.9 Å². The van der Waals surface area contributed by atoms with Crippen LogP contribution < -0.4 is 0 Å². The largest absolute Gasteiger partial charge is 2.00 e. The molecular formula is C31H24N2Pt. The van der Waals surface area contributed by atoms with Gasteiger partial charge in [-0.2, -0.15) is 0 Å². The predicted molar refractivity (Wildman–Crippen MR) is 135 cm³/mol. The van der Waals surface area contributed by atoms with Crippen molar-refractivity contribution in [1.29, 1.82) is 0 Å². The van der Waals surface area contributed by atoms with Gasteiger partial charge in [0.15, 0.2) is 0 Å². The van der Waals surface area contributed by atoms with E-state index in [0.717, 1.165) is 39.3 Å². The summed E-state index contributed by atoms with van der Waals surface area (Å²) in [4.78, 5) is 9.61. The van der Waals surface area contributed by atoms with E-state index in [-0.39, 0.29) is 26.5 Å². The molecule has 0 aliphatic heterocycles. The summed E-state index contributed by atoms with van der Waals surface area (Å²) in [5.41, 5.74) is 7.82. The number of pyridine rings is 2. The van der Waals surface area contributed by atoms with Crippen LogP contribution in [-0.4, -0.2) is 9.97 Å². The molecule has 3 heteroatoms. The predicted octanol–water partition coefficient (Wildman–Crippen LogP) is 7.40. The number of rotatable bonds is 5. The summed E-state index contributed by atoms with van der Waals surface area (Å²) in [6.07, 6.45) is 1.85. The van der Waals surface area contributed by atoms with Gasteiger partial charge in [-0.15, -0.1) is 70.8 Å². The van der Waals surface area contributed by atoms with E-state index in [9.17, 15) is 0 Å². The van der Waals surface area contributed by atoms with Gasteiger partial charge in [0, 0.05) is 17.3 Å². The number of hydrogen-bond acceptors (Lipinski definition) is 2. The van der Waals surface area contributed by atoms with E-state index in [1.165, 1.54) is 5.56 Å². The first-order chi connectivity index (χ1) is 16.1. The van der Waals surface area contributed by atoms with Gasteiger partial charge in [-0.05, 0) is 29.1 Å². The van der Waals surface area contributed by atoms with Gasteiger partial charge in [0.1, 0.15) is 0 Å². The summed E-state index contributed by atoms with van der Waals surface area (Å²) >= 11 is 0. The number of aromatic nitrogens is 2. The molecular weight excluding hydrogens is 595 g/mol. The van der Waals surface area contributed by atoms with Gasteiger partial charge in [-0.25, -0.2) is 0 Å². The fourth-order valence-corrected chi connectivity index (χ4v) is 4.00. The zero-order chi connectivity index (χ0) is 22.7. The third-order valence-corrected chi connectivity index (χ3v) is 5.96. The smallest absolute Gasteiger partial charge is 0.345 e. The van der Waals surface area contributed by atoms with E-state index in [1.54, 1.807) is 0 Å². The van der Waals surface area contributed by atoms with Crippen molar-refractivity contribution in [2.45, 2.75) is 19.3 Å². The summed E-state index contributed by atoms with van der Waals surface area (Å²) in [6.45, 7) is 4.39. The third-order valence-electron chi connectivity index (χ3n) is 5.96. The SMILES string of the molecule is CC(C)(c1[c-]c(-c2cccc(-c3[c-]cccc3)n2)cc(-c2ccccc2)c1)c1ccccn1.[Pt+2]. The summed E-state index contributed by atoms with van der Waals surface area (Å²) in [7, 11) is 0. The van der Waals surface area contributed by atoms with Crippen LogP contribution in [-0.2, 0) is 26.5 Å². The Hall–Kier alpha value is -3.35. The van der Waals surface area contributed by atoms with E-state index in [0.29, 0.717) is 0 Å². The van der Waals surface area contributed by atoms with Gasteiger partial charge in [-0.3, -0.25) is 4.98 Å². The normalized spacial score (nSPS) is 11.0. The Morgan fingerprint density at radius 2 is 1.41 bits per heavy atom. The van der Waals surface area contributed by atoms with Crippen molar-refractivity contribution in [3.05, 3.63) is 133 Å². The molecule has 0 aliphatic rings. The van der Waals surface area contributed by atoms with Gasteiger partial charge < -0.3 is 4.98 Å². The Balaban J connectivity index is 0.00000274. The summed E-state index contributed by atoms with van der Waals surface area (Å²) in [5.74, 6) is 0. The fraction of sp³-hybridized carbons (Fsp3) is 0.0968. The maximum Gasteiger partial charge on any atom is 2.00 e. The molecule has 2 aromatic heterocycles. The van der Waals surface area contributed by atoms with Crippen molar-refractivity contribution < 1.29 is 21.1 Å². The molecule has 0 saturated carbocycles. The van der Waals surface area contributed by atoms with Crippen LogP contribution in [0.5, 0.6) is 0 Å². The topological polar surface area (TPSA) is 25.8 Å². The van der Waals surface area contributed by atoms with Crippen molar-refractivity contribution in [3.8, 4) is 33.6 Å². The Labute approximate surface area is 216 Å². The molecule has 168 valence electrons. The maximum atomic E-state index is 4.97. The maximum absolute atomic E-state index is 4.97. The molecule has 3 aromatic carbocycles. The summed E-state index contributed by atoms with van der Waals surface area (Å²) < 4.78 is 0. The minimum absolute atomic E-state index is 0. The van der Waals surface area contributed by atoms with Gasteiger partial charge >= 0.3 is 21.1 Å². The van der Waals surface area contributed by atoms with Crippen molar-refractivity contribution in [1.82, 2.24) is 9.97 Å². The Kier molecular flexibility index (Phi) is 7.20. The minimum atomic E-state index is -0.314.